The van der Waals surface area contributed by atoms with Crippen LogP contribution in [0.25, 0.3) is 0 Å². The summed E-state index contributed by atoms with van der Waals surface area (Å²) in [6.45, 7) is 0. The molecule has 2 aromatic rings. The number of rotatable bonds is 4. The van der Waals surface area contributed by atoms with E-state index in [1.807, 2.05) is 36.8 Å². The quantitative estimate of drug-likeness (QED) is 0.882. The molecule has 0 aliphatic heterocycles. The number of nitrogens with one attached hydrogen (secondary N) is 1. The number of benzene rings is 1. The van der Waals surface area contributed by atoms with Gasteiger partial charge in [0.25, 0.3) is 5.91 Å². The molecule has 2 unspecified atom stereocenters. The molecule has 3 rings (SSSR count). The molecule has 0 saturated heterocycles. The Morgan fingerprint density at radius 1 is 1.43 bits per heavy atom. The Morgan fingerprint density at radius 3 is 3.10 bits per heavy atom. The molecular weight excluding hydrogens is 286 g/mol. The maximum Gasteiger partial charge on any atom is 0.251 e. The summed E-state index contributed by atoms with van der Waals surface area (Å²) in [6, 6.07) is 7.93. The molecule has 1 aromatic carbocycles. The number of aromatic nitrogens is 2. The van der Waals surface area contributed by atoms with Crippen molar-refractivity contribution in [3.8, 4) is 0 Å². The van der Waals surface area contributed by atoms with Crippen molar-refractivity contribution in [1.82, 2.24) is 14.9 Å². The molecule has 1 heterocycles. The van der Waals surface area contributed by atoms with Crippen LogP contribution in [-0.4, -0.2) is 21.5 Å². The fourth-order valence-corrected chi connectivity index (χ4v) is 3.14. The van der Waals surface area contributed by atoms with E-state index < -0.39 is 0 Å². The summed E-state index contributed by atoms with van der Waals surface area (Å²) in [4.78, 5) is 16.5. The number of nitrogens with zero attached hydrogens (tertiary/aromatic N) is 2. The van der Waals surface area contributed by atoms with Gasteiger partial charge in [-0.15, -0.1) is 11.6 Å². The summed E-state index contributed by atoms with van der Waals surface area (Å²) in [5, 5.41) is 3.15. The van der Waals surface area contributed by atoms with Crippen molar-refractivity contribution in [2.24, 2.45) is 0 Å². The molecule has 110 valence electrons. The molecule has 21 heavy (non-hydrogen) atoms. The number of hydrogen-bond acceptors (Lipinski definition) is 2. The van der Waals surface area contributed by atoms with Gasteiger partial charge in [-0.2, -0.15) is 0 Å². The van der Waals surface area contributed by atoms with Crippen molar-refractivity contribution in [3.63, 3.8) is 0 Å². The molecule has 1 N–H and O–H groups in total. The molecule has 1 aliphatic carbocycles. The maximum atomic E-state index is 12.4. The Hall–Kier alpha value is -1.81. The number of imidazole rings is 1. The number of carbonyl (C=O) groups excluding carboxylic acids is 1. The maximum absolute atomic E-state index is 12.4. The van der Waals surface area contributed by atoms with E-state index in [1.165, 1.54) is 0 Å². The van der Waals surface area contributed by atoms with Gasteiger partial charge in [-0.05, 0) is 37.0 Å². The Labute approximate surface area is 129 Å². The molecule has 1 fully saturated rings. The first-order valence-corrected chi connectivity index (χ1v) is 7.74. The Bertz CT molecular complexity index is 612. The van der Waals surface area contributed by atoms with Crippen molar-refractivity contribution >= 4 is 17.5 Å². The Morgan fingerprint density at radius 2 is 2.33 bits per heavy atom. The predicted octanol–water partition coefficient (Wildman–Crippen LogP) is 3.15. The van der Waals surface area contributed by atoms with E-state index in [-0.39, 0.29) is 11.9 Å². The minimum Gasteiger partial charge on any atom is -0.347 e. The highest BCUT2D eigenvalue weighted by atomic mass is 35.5. The minimum absolute atomic E-state index is 0.0287. The van der Waals surface area contributed by atoms with Crippen molar-refractivity contribution in [2.75, 3.05) is 0 Å². The summed E-state index contributed by atoms with van der Waals surface area (Å²) < 4.78 is 2.09. The summed E-state index contributed by atoms with van der Waals surface area (Å²) in [5.74, 6) is 0.390. The summed E-state index contributed by atoms with van der Waals surface area (Å²) in [7, 11) is 0. The highest BCUT2D eigenvalue weighted by Crippen LogP contribution is 2.30. The lowest BCUT2D eigenvalue weighted by Crippen LogP contribution is -2.38. The molecular formula is C16H18ClN3O. The van der Waals surface area contributed by atoms with Gasteiger partial charge in [-0.25, -0.2) is 4.98 Å². The standard InChI is InChI=1S/C16H18ClN3O/c17-10-12-3-1-4-13(9-12)16(21)19-14-5-2-6-15(14)20-8-7-18-11-20/h1,3-4,7-9,11,14-15H,2,5-6,10H2,(H,19,21). The molecule has 1 aromatic heterocycles. The highest BCUT2D eigenvalue weighted by Gasteiger charge is 2.29. The molecule has 1 saturated carbocycles. The lowest BCUT2D eigenvalue weighted by Gasteiger charge is -2.22. The van der Waals surface area contributed by atoms with Crippen LogP contribution in [0, 0.1) is 0 Å². The van der Waals surface area contributed by atoms with Crippen molar-refractivity contribution in [2.45, 2.75) is 37.2 Å². The van der Waals surface area contributed by atoms with Gasteiger partial charge in [-0.3, -0.25) is 4.79 Å². The van der Waals surface area contributed by atoms with Crippen LogP contribution < -0.4 is 5.32 Å². The number of halogens is 1. The van der Waals surface area contributed by atoms with Crippen molar-refractivity contribution in [1.29, 1.82) is 0 Å². The van der Waals surface area contributed by atoms with Crippen LogP contribution in [0.1, 0.15) is 41.2 Å². The molecule has 1 aliphatic rings. The molecule has 0 spiro atoms. The topological polar surface area (TPSA) is 46.9 Å². The van der Waals surface area contributed by atoms with Gasteiger partial charge in [0.15, 0.2) is 0 Å². The van der Waals surface area contributed by atoms with E-state index in [9.17, 15) is 4.79 Å². The SMILES string of the molecule is O=C(NC1CCCC1n1ccnc1)c1cccc(CCl)c1. The van der Waals surface area contributed by atoms with Crippen molar-refractivity contribution < 1.29 is 4.79 Å². The highest BCUT2D eigenvalue weighted by molar-refractivity contribution is 6.17. The fraction of sp³-hybridized carbons (Fsp3) is 0.375. The van der Waals surface area contributed by atoms with Crippen LogP contribution in [-0.2, 0) is 5.88 Å². The summed E-state index contributed by atoms with van der Waals surface area (Å²) in [5.41, 5.74) is 1.63. The monoisotopic (exact) mass is 303 g/mol. The van der Waals surface area contributed by atoms with Gasteiger partial charge in [0.1, 0.15) is 0 Å². The second-order valence-electron chi connectivity index (χ2n) is 5.42. The van der Waals surface area contributed by atoms with Crippen molar-refractivity contribution in [3.05, 3.63) is 54.1 Å². The first-order chi connectivity index (χ1) is 10.3. The average Bonchev–Trinajstić information content (AvgIpc) is 3.18. The lowest BCUT2D eigenvalue weighted by atomic mass is 10.1. The first-order valence-electron chi connectivity index (χ1n) is 7.21. The lowest BCUT2D eigenvalue weighted by molar-refractivity contribution is 0.0929. The van der Waals surface area contributed by atoms with Crippen LogP contribution >= 0.6 is 11.6 Å². The minimum atomic E-state index is -0.0287. The van der Waals surface area contributed by atoms with E-state index in [4.69, 9.17) is 11.6 Å². The number of hydrogen-bond donors (Lipinski definition) is 1. The first kappa shape index (κ1) is 14.1. The van der Waals surface area contributed by atoms with Crippen LogP contribution in [0.4, 0.5) is 0 Å². The van der Waals surface area contributed by atoms with Crippen LogP contribution in [0.5, 0.6) is 0 Å². The third kappa shape index (κ3) is 3.10. The number of carbonyl (C=O) groups is 1. The zero-order valence-corrected chi connectivity index (χ0v) is 12.5. The molecule has 0 bridgehead atoms. The molecule has 2 atom stereocenters. The third-order valence-corrected chi connectivity index (χ3v) is 4.36. The second-order valence-corrected chi connectivity index (χ2v) is 5.69. The molecule has 1 amide bonds. The van der Waals surface area contributed by atoms with Gasteiger partial charge in [0.05, 0.1) is 12.4 Å². The normalized spacial score (nSPS) is 21.4. The molecule has 4 nitrogen and oxygen atoms in total. The fourth-order valence-electron chi connectivity index (χ4n) is 2.98. The van der Waals surface area contributed by atoms with E-state index in [2.05, 4.69) is 14.9 Å². The molecule has 5 heteroatoms. The van der Waals surface area contributed by atoms with Gasteiger partial charge in [-0.1, -0.05) is 12.1 Å². The number of alkyl halides is 1. The van der Waals surface area contributed by atoms with Gasteiger partial charge >= 0.3 is 0 Å². The predicted molar refractivity (Wildman–Crippen MR) is 82.4 cm³/mol. The smallest absolute Gasteiger partial charge is 0.251 e. The van der Waals surface area contributed by atoms with E-state index >= 15 is 0 Å². The van der Waals surface area contributed by atoms with E-state index in [1.54, 1.807) is 6.20 Å². The summed E-state index contributed by atoms with van der Waals surface area (Å²) in [6.07, 6.45) is 8.76. The zero-order valence-electron chi connectivity index (χ0n) is 11.7. The second kappa shape index (κ2) is 6.31. The number of amides is 1. The largest absolute Gasteiger partial charge is 0.347 e. The average molecular weight is 304 g/mol. The zero-order chi connectivity index (χ0) is 14.7. The van der Waals surface area contributed by atoms with Crippen LogP contribution in [0.15, 0.2) is 43.0 Å². The molecule has 0 radical (unpaired) electrons. The van der Waals surface area contributed by atoms with Gasteiger partial charge in [0, 0.05) is 29.9 Å². The third-order valence-electron chi connectivity index (χ3n) is 4.05. The van der Waals surface area contributed by atoms with Gasteiger partial charge < -0.3 is 9.88 Å². The van der Waals surface area contributed by atoms with E-state index in [0.29, 0.717) is 17.5 Å². The van der Waals surface area contributed by atoms with Crippen LogP contribution in [0.2, 0.25) is 0 Å². The summed E-state index contributed by atoms with van der Waals surface area (Å²) >= 11 is 5.82. The van der Waals surface area contributed by atoms with Crippen LogP contribution in [0.3, 0.4) is 0 Å². The Kier molecular flexibility index (Phi) is 4.25. The van der Waals surface area contributed by atoms with Gasteiger partial charge in [0.2, 0.25) is 0 Å². The Balaban J connectivity index is 1.71. The van der Waals surface area contributed by atoms with E-state index in [0.717, 1.165) is 24.8 Å².